The van der Waals surface area contributed by atoms with E-state index in [4.69, 9.17) is 10.5 Å². The average Bonchev–Trinajstić information content (AvgIpc) is 2.72. The number of ether oxygens (including phenoxy) is 1. The second kappa shape index (κ2) is 4.59. The van der Waals surface area contributed by atoms with Crippen LogP contribution < -0.4 is 10.5 Å². The molecule has 2 N–H and O–H groups in total. The van der Waals surface area contributed by atoms with Crippen molar-refractivity contribution in [2.45, 2.75) is 6.61 Å². The molecule has 0 unspecified atom stereocenters. The van der Waals surface area contributed by atoms with Gasteiger partial charge in [-0.25, -0.2) is 4.98 Å². The molecule has 0 fully saturated rings. The van der Waals surface area contributed by atoms with Crippen LogP contribution in [0, 0.1) is 0 Å². The van der Waals surface area contributed by atoms with Gasteiger partial charge in [0.2, 0.25) is 11.8 Å². The Kier molecular flexibility index (Phi) is 3.17. The van der Waals surface area contributed by atoms with Crippen molar-refractivity contribution in [3.8, 4) is 5.88 Å². The van der Waals surface area contributed by atoms with Crippen molar-refractivity contribution in [3.63, 3.8) is 0 Å². The molecule has 4 nitrogen and oxygen atoms in total. The number of hydrogen-bond acceptors (Lipinski definition) is 5. The first kappa shape index (κ1) is 10.4. The zero-order valence-corrected chi connectivity index (χ0v) is 10.1. The molecule has 78 valence electrons. The fraction of sp³-hybridized carbons (Fsp3) is 0.111. The van der Waals surface area contributed by atoms with Crippen LogP contribution in [0.15, 0.2) is 28.2 Å². The predicted molar refractivity (Wildman–Crippen MR) is 62.8 cm³/mol. The number of aromatic nitrogens is 2. The second-order valence-corrected chi connectivity index (χ2v) is 4.64. The lowest BCUT2D eigenvalue weighted by Gasteiger charge is -2.05. The molecular weight excluding hydrogens is 278 g/mol. The fourth-order valence-electron chi connectivity index (χ4n) is 1.000. The molecule has 15 heavy (non-hydrogen) atoms. The van der Waals surface area contributed by atoms with E-state index in [1.807, 2.05) is 17.5 Å². The molecule has 2 aromatic heterocycles. The molecule has 2 heterocycles. The third kappa shape index (κ3) is 2.66. The van der Waals surface area contributed by atoms with Gasteiger partial charge in [0, 0.05) is 4.88 Å². The molecule has 0 radical (unpaired) electrons. The maximum atomic E-state index is 5.49. The molecule has 2 aromatic rings. The maximum Gasteiger partial charge on any atom is 0.233 e. The van der Waals surface area contributed by atoms with Gasteiger partial charge in [0.05, 0.1) is 10.7 Å². The lowest BCUT2D eigenvalue weighted by atomic mass is 10.5. The van der Waals surface area contributed by atoms with Gasteiger partial charge in [0.25, 0.3) is 0 Å². The number of nitrogens with zero attached hydrogens (tertiary/aromatic N) is 2. The van der Waals surface area contributed by atoms with E-state index in [1.54, 1.807) is 17.5 Å². The van der Waals surface area contributed by atoms with Crippen LogP contribution in [-0.2, 0) is 6.61 Å². The van der Waals surface area contributed by atoms with Crippen LogP contribution in [-0.4, -0.2) is 9.97 Å². The minimum absolute atomic E-state index is 0.208. The molecule has 6 heteroatoms. The average molecular weight is 286 g/mol. The molecule has 0 saturated heterocycles. The predicted octanol–water partition coefficient (Wildman–Crippen LogP) is 2.46. The van der Waals surface area contributed by atoms with Crippen LogP contribution >= 0.6 is 27.3 Å². The number of nitrogen functional groups attached to an aromatic ring is 1. The van der Waals surface area contributed by atoms with Gasteiger partial charge in [0.1, 0.15) is 6.61 Å². The van der Waals surface area contributed by atoms with Gasteiger partial charge >= 0.3 is 0 Å². The van der Waals surface area contributed by atoms with Crippen molar-refractivity contribution in [1.82, 2.24) is 9.97 Å². The van der Waals surface area contributed by atoms with Crippen molar-refractivity contribution < 1.29 is 4.74 Å². The van der Waals surface area contributed by atoms with E-state index in [0.29, 0.717) is 17.0 Å². The highest BCUT2D eigenvalue weighted by Crippen LogP contribution is 2.23. The normalized spacial score (nSPS) is 10.2. The van der Waals surface area contributed by atoms with Gasteiger partial charge in [-0.15, -0.1) is 11.3 Å². The summed E-state index contributed by atoms with van der Waals surface area (Å²) in [5.74, 6) is 0.676. The Hall–Kier alpha value is -1.14. The molecule has 0 aliphatic carbocycles. The van der Waals surface area contributed by atoms with Crippen LogP contribution in [0.25, 0.3) is 0 Å². The Morgan fingerprint density at radius 1 is 1.53 bits per heavy atom. The number of rotatable bonds is 3. The highest BCUT2D eigenvalue weighted by molar-refractivity contribution is 9.10. The van der Waals surface area contributed by atoms with Gasteiger partial charge in [-0.3, -0.25) is 0 Å². The monoisotopic (exact) mass is 285 g/mol. The van der Waals surface area contributed by atoms with Gasteiger partial charge in [-0.2, -0.15) is 4.98 Å². The van der Waals surface area contributed by atoms with E-state index in [0.717, 1.165) is 4.88 Å². The van der Waals surface area contributed by atoms with Crippen LogP contribution in [0.5, 0.6) is 5.88 Å². The van der Waals surface area contributed by atoms with Crippen LogP contribution in [0.3, 0.4) is 0 Å². The molecule has 2 rings (SSSR count). The summed E-state index contributed by atoms with van der Waals surface area (Å²) < 4.78 is 6.20. The summed E-state index contributed by atoms with van der Waals surface area (Å²) in [6, 6.07) is 3.98. The Morgan fingerprint density at radius 2 is 2.40 bits per heavy atom. The highest BCUT2D eigenvalue weighted by Gasteiger charge is 2.05. The number of thiophene rings is 1. The van der Waals surface area contributed by atoms with E-state index in [2.05, 4.69) is 25.9 Å². The van der Waals surface area contributed by atoms with Crippen LogP contribution in [0.1, 0.15) is 4.88 Å². The van der Waals surface area contributed by atoms with E-state index >= 15 is 0 Å². The molecule has 0 aliphatic rings. The van der Waals surface area contributed by atoms with Gasteiger partial charge in [-0.1, -0.05) is 6.07 Å². The molecule has 0 bridgehead atoms. The smallest absolute Gasteiger partial charge is 0.233 e. The highest BCUT2D eigenvalue weighted by atomic mass is 79.9. The number of anilines is 1. The molecule has 0 saturated carbocycles. The lowest BCUT2D eigenvalue weighted by Crippen LogP contribution is -2.00. The zero-order valence-electron chi connectivity index (χ0n) is 7.68. The Balaban J connectivity index is 2.07. The Bertz CT molecular complexity index is 447. The van der Waals surface area contributed by atoms with Crippen molar-refractivity contribution >= 4 is 33.2 Å². The van der Waals surface area contributed by atoms with Gasteiger partial charge in [-0.05, 0) is 27.4 Å². The summed E-state index contributed by atoms with van der Waals surface area (Å²) in [6.45, 7) is 0.493. The lowest BCUT2D eigenvalue weighted by molar-refractivity contribution is 0.295. The standard InChI is InChI=1S/C9H8BrN3OS/c10-7-4-12-9(11)13-8(7)14-5-6-2-1-3-15-6/h1-4H,5H2,(H2,11,12,13). The topological polar surface area (TPSA) is 61.0 Å². The summed E-state index contributed by atoms with van der Waals surface area (Å²) in [4.78, 5) is 8.94. The first-order chi connectivity index (χ1) is 7.25. The number of nitrogens with two attached hydrogens (primary N) is 1. The third-order valence-electron chi connectivity index (χ3n) is 1.66. The maximum absolute atomic E-state index is 5.49. The summed E-state index contributed by atoms with van der Waals surface area (Å²) in [7, 11) is 0. The van der Waals surface area contributed by atoms with Crippen molar-refractivity contribution in [1.29, 1.82) is 0 Å². The summed E-state index contributed by atoms with van der Waals surface area (Å²) in [6.07, 6.45) is 1.58. The zero-order chi connectivity index (χ0) is 10.7. The van der Waals surface area contributed by atoms with Crippen molar-refractivity contribution in [2.75, 3.05) is 5.73 Å². The summed E-state index contributed by atoms with van der Waals surface area (Å²) >= 11 is 4.93. The molecule has 0 spiro atoms. The number of halogens is 1. The van der Waals surface area contributed by atoms with E-state index in [9.17, 15) is 0 Å². The molecule has 0 aliphatic heterocycles. The molecule has 0 aromatic carbocycles. The van der Waals surface area contributed by atoms with E-state index in [1.165, 1.54) is 0 Å². The first-order valence-electron chi connectivity index (χ1n) is 4.19. The molecular formula is C9H8BrN3OS. The minimum Gasteiger partial charge on any atom is -0.471 e. The number of hydrogen-bond donors (Lipinski definition) is 1. The quantitative estimate of drug-likeness (QED) is 0.941. The molecule has 0 amide bonds. The Morgan fingerprint density at radius 3 is 3.13 bits per heavy atom. The van der Waals surface area contributed by atoms with E-state index < -0.39 is 0 Å². The van der Waals surface area contributed by atoms with Crippen LogP contribution in [0.4, 0.5) is 5.95 Å². The van der Waals surface area contributed by atoms with Crippen LogP contribution in [0.2, 0.25) is 0 Å². The molecule has 0 atom stereocenters. The third-order valence-corrected chi connectivity index (χ3v) is 3.06. The minimum atomic E-state index is 0.208. The SMILES string of the molecule is Nc1ncc(Br)c(OCc2cccs2)n1. The van der Waals surface area contributed by atoms with Gasteiger partial charge < -0.3 is 10.5 Å². The largest absolute Gasteiger partial charge is 0.471 e. The first-order valence-corrected chi connectivity index (χ1v) is 5.86. The van der Waals surface area contributed by atoms with Crippen molar-refractivity contribution in [2.24, 2.45) is 0 Å². The fourth-order valence-corrected chi connectivity index (χ4v) is 1.92. The Labute approximate surface area is 99.3 Å². The summed E-state index contributed by atoms with van der Waals surface area (Å²) in [5.41, 5.74) is 5.46. The second-order valence-electron chi connectivity index (χ2n) is 2.75. The van der Waals surface area contributed by atoms with Gasteiger partial charge in [0.15, 0.2) is 0 Å². The van der Waals surface area contributed by atoms with E-state index in [-0.39, 0.29) is 5.95 Å². The summed E-state index contributed by atoms with van der Waals surface area (Å²) in [5, 5.41) is 2.00. The van der Waals surface area contributed by atoms with Crippen molar-refractivity contribution in [3.05, 3.63) is 33.1 Å².